The van der Waals surface area contributed by atoms with Gasteiger partial charge in [-0.1, -0.05) is 24.3 Å². The number of nitrogens with zero attached hydrogens (tertiary/aromatic N) is 2. The van der Waals surface area contributed by atoms with E-state index in [1.807, 2.05) is 55.5 Å². The molecule has 2 aromatic carbocycles. The number of rotatable bonds is 10. The summed E-state index contributed by atoms with van der Waals surface area (Å²) in [7, 11) is 6.74. The van der Waals surface area contributed by atoms with E-state index in [1.54, 1.807) is 28.3 Å². The number of likely N-dealkylation sites (N-methyl/N-ethyl adjacent to an activating group) is 1. The average Bonchev–Trinajstić information content (AvgIpc) is 2.78. The second-order valence-electron chi connectivity index (χ2n) is 7.11. The highest BCUT2D eigenvalue weighted by atomic mass is 16.5. The number of amides is 1. The summed E-state index contributed by atoms with van der Waals surface area (Å²) >= 11 is 0. The van der Waals surface area contributed by atoms with Crippen LogP contribution >= 0.6 is 0 Å². The summed E-state index contributed by atoms with van der Waals surface area (Å²) in [4.78, 5) is 17.4. The van der Waals surface area contributed by atoms with Crippen molar-refractivity contribution < 1.29 is 19.0 Å². The predicted molar refractivity (Wildman–Crippen MR) is 122 cm³/mol. The molecule has 0 aliphatic carbocycles. The first kappa shape index (κ1) is 23.9. The molecule has 1 atom stereocenters. The number of carbonyl (C=O) groups is 1. The first-order valence-corrected chi connectivity index (χ1v) is 10.1. The van der Waals surface area contributed by atoms with Gasteiger partial charge in [0.05, 0.1) is 13.7 Å². The summed E-state index contributed by atoms with van der Waals surface area (Å²) in [5.41, 5.74) is 1.01. The number of ether oxygens (including phenoxy) is 3. The molecule has 1 amide bonds. The number of methoxy groups -OCH3 is 1. The van der Waals surface area contributed by atoms with Crippen LogP contribution in [0.5, 0.6) is 17.2 Å². The van der Waals surface area contributed by atoms with Gasteiger partial charge in [-0.05, 0) is 36.8 Å². The van der Waals surface area contributed by atoms with Crippen LogP contribution < -0.4 is 24.8 Å². The van der Waals surface area contributed by atoms with Crippen LogP contribution in [0.4, 0.5) is 0 Å². The third kappa shape index (κ3) is 8.08. The Bertz CT molecular complexity index is 870. The maximum absolute atomic E-state index is 11.7. The molecule has 0 heterocycles. The van der Waals surface area contributed by atoms with Crippen LogP contribution in [0.15, 0.2) is 53.5 Å². The van der Waals surface area contributed by atoms with Crippen molar-refractivity contribution in [3.63, 3.8) is 0 Å². The normalized spacial score (nSPS) is 12.0. The number of benzene rings is 2. The monoisotopic (exact) mass is 428 g/mol. The molecule has 0 saturated carbocycles. The lowest BCUT2D eigenvalue weighted by Gasteiger charge is -2.19. The van der Waals surface area contributed by atoms with E-state index in [2.05, 4.69) is 15.6 Å². The van der Waals surface area contributed by atoms with Crippen molar-refractivity contribution >= 4 is 11.9 Å². The first-order valence-electron chi connectivity index (χ1n) is 10.1. The van der Waals surface area contributed by atoms with E-state index in [0.29, 0.717) is 36.3 Å². The van der Waals surface area contributed by atoms with E-state index in [-0.39, 0.29) is 18.6 Å². The molecule has 0 bridgehead atoms. The summed E-state index contributed by atoms with van der Waals surface area (Å²) in [6.07, 6.45) is -0.0965. The van der Waals surface area contributed by atoms with Crippen LogP contribution in [-0.4, -0.2) is 64.3 Å². The minimum Gasteiger partial charge on any atom is -0.493 e. The van der Waals surface area contributed by atoms with Crippen molar-refractivity contribution in [3.05, 3.63) is 54.1 Å². The molecule has 2 rings (SSSR count). The highest BCUT2D eigenvalue weighted by Gasteiger charge is 2.10. The highest BCUT2D eigenvalue weighted by Crippen LogP contribution is 2.26. The topological polar surface area (TPSA) is 84.4 Å². The summed E-state index contributed by atoms with van der Waals surface area (Å²) in [6.45, 7) is 3.10. The number of nitrogens with one attached hydrogen (secondary N) is 2. The maximum Gasteiger partial charge on any atom is 0.259 e. The molecule has 2 aromatic rings. The van der Waals surface area contributed by atoms with E-state index in [0.717, 1.165) is 5.56 Å². The van der Waals surface area contributed by atoms with Gasteiger partial charge in [0.2, 0.25) is 0 Å². The maximum atomic E-state index is 11.7. The SMILES string of the molecule is CN=C(NCc1cccc(OCC(=O)N(C)C)c1)NCC(C)Oc1ccccc1OC. The van der Waals surface area contributed by atoms with Crippen LogP contribution in [0.25, 0.3) is 0 Å². The highest BCUT2D eigenvalue weighted by molar-refractivity contribution is 5.79. The molecular weight excluding hydrogens is 396 g/mol. The molecule has 1 unspecified atom stereocenters. The van der Waals surface area contributed by atoms with E-state index in [4.69, 9.17) is 14.2 Å². The van der Waals surface area contributed by atoms with Crippen LogP contribution in [0.1, 0.15) is 12.5 Å². The molecule has 0 radical (unpaired) electrons. The van der Waals surface area contributed by atoms with E-state index < -0.39 is 0 Å². The summed E-state index contributed by atoms with van der Waals surface area (Å²) in [5, 5.41) is 6.52. The fraction of sp³-hybridized carbons (Fsp3) is 0.391. The fourth-order valence-electron chi connectivity index (χ4n) is 2.64. The Hall–Kier alpha value is -3.42. The summed E-state index contributed by atoms with van der Waals surface area (Å²) in [5.74, 6) is 2.62. The number of hydrogen-bond acceptors (Lipinski definition) is 5. The number of para-hydroxylation sites is 2. The van der Waals surface area contributed by atoms with Crippen molar-refractivity contribution in [2.75, 3.05) is 41.4 Å². The largest absolute Gasteiger partial charge is 0.493 e. The molecule has 8 heteroatoms. The van der Waals surface area contributed by atoms with Crippen molar-refractivity contribution in [1.82, 2.24) is 15.5 Å². The lowest BCUT2D eigenvalue weighted by atomic mass is 10.2. The fourth-order valence-corrected chi connectivity index (χ4v) is 2.64. The van der Waals surface area contributed by atoms with Crippen LogP contribution in [0, 0.1) is 0 Å². The van der Waals surface area contributed by atoms with Gasteiger partial charge in [-0.15, -0.1) is 0 Å². The number of hydrogen-bond donors (Lipinski definition) is 2. The van der Waals surface area contributed by atoms with Gasteiger partial charge in [0, 0.05) is 27.7 Å². The third-order valence-corrected chi connectivity index (χ3v) is 4.40. The van der Waals surface area contributed by atoms with Crippen molar-refractivity contribution in [2.45, 2.75) is 19.6 Å². The van der Waals surface area contributed by atoms with Gasteiger partial charge >= 0.3 is 0 Å². The number of carbonyl (C=O) groups excluding carboxylic acids is 1. The Morgan fingerprint density at radius 2 is 1.84 bits per heavy atom. The van der Waals surface area contributed by atoms with Gasteiger partial charge in [0.15, 0.2) is 24.1 Å². The zero-order valence-electron chi connectivity index (χ0n) is 18.8. The smallest absolute Gasteiger partial charge is 0.259 e. The van der Waals surface area contributed by atoms with E-state index >= 15 is 0 Å². The molecule has 2 N–H and O–H groups in total. The lowest BCUT2D eigenvalue weighted by molar-refractivity contribution is -0.130. The van der Waals surface area contributed by atoms with Crippen LogP contribution in [0.3, 0.4) is 0 Å². The summed E-state index contributed by atoms with van der Waals surface area (Å²) < 4.78 is 16.8. The molecule has 31 heavy (non-hydrogen) atoms. The Labute approximate surface area is 184 Å². The quantitative estimate of drug-likeness (QED) is 0.446. The minimum atomic E-state index is -0.0965. The second kappa shape index (κ2) is 12.3. The van der Waals surface area contributed by atoms with Gasteiger partial charge in [-0.3, -0.25) is 9.79 Å². The second-order valence-corrected chi connectivity index (χ2v) is 7.11. The summed E-state index contributed by atoms with van der Waals surface area (Å²) in [6, 6.07) is 15.2. The first-order chi connectivity index (χ1) is 14.9. The van der Waals surface area contributed by atoms with E-state index in [1.165, 1.54) is 4.90 Å². The molecule has 0 saturated heterocycles. The standard InChI is InChI=1S/C23H32N4O4/c1-17(31-21-12-7-6-11-20(21)29-5)14-25-23(24-2)26-15-18-9-8-10-19(13-18)30-16-22(28)27(3)4/h6-13,17H,14-16H2,1-5H3,(H2,24,25,26). The molecule has 0 aliphatic heterocycles. The third-order valence-electron chi connectivity index (χ3n) is 4.40. The molecule has 0 spiro atoms. The molecule has 0 aliphatic rings. The lowest BCUT2D eigenvalue weighted by Crippen LogP contribution is -2.41. The Balaban J connectivity index is 1.81. The minimum absolute atomic E-state index is 0.0111. The van der Waals surface area contributed by atoms with Gasteiger partial charge in [-0.25, -0.2) is 0 Å². The Morgan fingerprint density at radius 3 is 2.52 bits per heavy atom. The van der Waals surface area contributed by atoms with Gasteiger partial charge < -0.3 is 29.7 Å². The van der Waals surface area contributed by atoms with Gasteiger partial charge in [0.25, 0.3) is 5.91 Å². The van der Waals surface area contributed by atoms with Crippen molar-refractivity contribution in [1.29, 1.82) is 0 Å². The molecule has 0 fully saturated rings. The molecule has 168 valence electrons. The molecular formula is C23H32N4O4. The van der Waals surface area contributed by atoms with Crippen molar-refractivity contribution in [2.24, 2.45) is 4.99 Å². The molecule has 0 aromatic heterocycles. The van der Waals surface area contributed by atoms with Crippen LogP contribution in [-0.2, 0) is 11.3 Å². The Kier molecular flexibility index (Phi) is 9.48. The van der Waals surface area contributed by atoms with Gasteiger partial charge in [0.1, 0.15) is 11.9 Å². The number of guanidine groups is 1. The molecule has 8 nitrogen and oxygen atoms in total. The zero-order valence-corrected chi connectivity index (χ0v) is 18.8. The van der Waals surface area contributed by atoms with E-state index in [9.17, 15) is 4.79 Å². The van der Waals surface area contributed by atoms with Crippen molar-refractivity contribution in [3.8, 4) is 17.2 Å². The Morgan fingerprint density at radius 1 is 1.10 bits per heavy atom. The number of aliphatic imine (C=N–C) groups is 1. The van der Waals surface area contributed by atoms with Crippen LogP contribution in [0.2, 0.25) is 0 Å². The zero-order chi connectivity index (χ0) is 22.6. The predicted octanol–water partition coefficient (Wildman–Crippen LogP) is 2.29. The van der Waals surface area contributed by atoms with Gasteiger partial charge in [-0.2, -0.15) is 0 Å². The average molecular weight is 429 g/mol.